The number of rotatable bonds is 6. The molecule has 8 heteroatoms. The summed E-state index contributed by atoms with van der Waals surface area (Å²) in [4.78, 5) is 27.7. The molecule has 0 saturated carbocycles. The fourth-order valence-electron chi connectivity index (χ4n) is 4.54. The van der Waals surface area contributed by atoms with Crippen LogP contribution in [-0.2, 0) is 11.3 Å². The van der Waals surface area contributed by atoms with E-state index in [2.05, 4.69) is 10.4 Å². The van der Waals surface area contributed by atoms with Crippen LogP contribution < -0.4 is 10.1 Å². The molecule has 3 aromatic rings. The van der Waals surface area contributed by atoms with Crippen LogP contribution in [0.25, 0.3) is 5.69 Å². The summed E-state index contributed by atoms with van der Waals surface area (Å²) in [7, 11) is 1.62. The average molecular weight is 505 g/mol. The minimum absolute atomic E-state index is 0.0695. The zero-order chi connectivity index (χ0) is 26.6. The van der Waals surface area contributed by atoms with Gasteiger partial charge in [-0.2, -0.15) is 5.10 Å². The number of benzene rings is 2. The molecule has 0 atom stereocenters. The molecule has 1 aromatic heterocycles. The quantitative estimate of drug-likeness (QED) is 0.497. The molecule has 8 nitrogen and oxygen atoms in total. The van der Waals surface area contributed by atoms with Crippen LogP contribution in [-0.4, -0.2) is 52.5 Å². The molecule has 1 aliphatic heterocycles. The van der Waals surface area contributed by atoms with Gasteiger partial charge in [0.05, 0.1) is 30.3 Å². The second-order valence-corrected chi connectivity index (χ2v) is 10.5. The maximum Gasteiger partial charge on any atom is 0.410 e. The highest BCUT2D eigenvalue weighted by Crippen LogP contribution is 2.33. The molecule has 0 radical (unpaired) electrons. The Labute approximate surface area is 218 Å². The number of hydrogen-bond acceptors (Lipinski definition) is 5. The summed E-state index contributed by atoms with van der Waals surface area (Å²) in [5.74, 6) is 0.641. The molecule has 1 N–H and O–H groups in total. The molecule has 0 aliphatic carbocycles. The van der Waals surface area contributed by atoms with Crippen LogP contribution in [0, 0.1) is 6.92 Å². The Morgan fingerprint density at radius 3 is 2.43 bits per heavy atom. The number of methoxy groups -OCH3 is 1. The molecule has 0 spiro atoms. The van der Waals surface area contributed by atoms with Crippen molar-refractivity contribution in [3.05, 3.63) is 77.1 Å². The zero-order valence-electron chi connectivity index (χ0n) is 22.3. The van der Waals surface area contributed by atoms with Gasteiger partial charge >= 0.3 is 6.09 Å². The van der Waals surface area contributed by atoms with Gasteiger partial charge in [0.2, 0.25) is 0 Å². The highest BCUT2D eigenvalue weighted by molar-refractivity contribution is 5.95. The van der Waals surface area contributed by atoms with E-state index < -0.39 is 5.60 Å². The third kappa shape index (κ3) is 6.50. The van der Waals surface area contributed by atoms with Crippen LogP contribution in [0.2, 0.25) is 0 Å². The number of hydrogen-bond donors (Lipinski definition) is 1. The highest BCUT2D eigenvalue weighted by atomic mass is 16.6. The summed E-state index contributed by atoms with van der Waals surface area (Å²) in [6.45, 7) is 9.14. The molecule has 1 aliphatic rings. The lowest BCUT2D eigenvalue weighted by molar-refractivity contribution is 0.0203. The molecule has 2 aromatic carbocycles. The molecular formula is C29H36N4O4. The van der Waals surface area contributed by atoms with E-state index in [0.717, 1.165) is 28.3 Å². The van der Waals surface area contributed by atoms with Gasteiger partial charge in [0, 0.05) is 25.6 Å². The van der Waals surface area contributed by atoms with Crippen molar-refractivity contribution >= 4 is 12.0 Å². The molecule has 0 unspecified atom stereocenters. The van der Waals surface area contributed by atoms with E-state index >= 15 is 0 Å². The molecule has 2 amide bonds. The first-order valence-electron chi connectivity index (χ1n) is 12.7. The predicted molar refractivity (Wildman–Crippen MR) is 142 cm³/mol. The lowest BCUT2D eigenvalue weighted by atomic mass is 9.90. The molecule has 37 heavy (non-hydrogen) atoms. The number of likely N-dealkylation sites (tertiary alicyclic amines) is 1. The monoisotopic (exact) mass is 504 g/mol. The zero-order valence-corrected chi connectivity index (χ0v) is 22.3. The molecule has 196 valence electrons. The summed E-state index contributed by atoms with van der Waals surface area (Å²) in [5, 5.41) is 7.67. The van der Waals surface area contributed by atoms with Crippen molar-refractivity contribution in [2.24, 2.45) is 0 Å². The van der Waals surface area contributed by atoms with Crippen LogP contribution in [0.15, 0.2) is 54.7 Å². The average Bonchev–Trinajstić information content (AvgIpc) is 3.32. The van der Waals surface area contributed by atoms with Crippen LogP contribution in [0.5, 0.6) is 5.75 Å². The van der Waals surface area contributed by atoms with E-state index in [1.807, 2.05) is 80.9 Å². The van der Waals surface area contributed by atoms with E-state index in [1.54, 1.807) is 18.2 Å². The third-order valence-electron chi connectivity index (χ3n) is 6.45. The molecule has 2 heterocycles. The Hall–Kier alpha value is -3.81. The smallest absolute Gasteiger partial charge is 0.410 e. The van der Waals surface area contributed by atoms with E-state index in [1.165, 1.54) is 0 Å². The summed E-state index contributed by atoms with van der Waals surface area (Å²) in [6, 6.07) is 15.7. The number of ether oxygens (including phenoxy) is 2. The van der Waals surface area contributed by atoms with Crippen molar-refractivity contribution in [1.29, 1.82) is 0 Å². The number of carbonyl (C=O) groups is 2. The molecule has 1 fully saturated rings. The van der Waals surface area contributed by atoms with Crippen molar-refractivity contribution in [3.8, 4) is 11.4 Å². The van der Waals surface area contributed by atoms with Gasteiger partial charge in [-0.05, 0) is 70.4 Å². The van der Waals surface area contributed by atoms with Gasteiger partial charge in [-0.3, -0.25) is 4.79 Å². The van der Waals surface area contributed by atoms with Gasteiger partial charge in [-0.25, -0.2) is 9.48 Å². The Kier molecular flexibility index (Phi) is 7.86. The third-order valence-corrected chi connectivity index (χ3v) is 6.45. The SMILES string of the molecule is COc1cccc(CNC(=O)c2cnn(-c3ccc(C)cc3)c2C2CCN(C(=O)OC(C)(C)C)CC2)c1. The van der Waals surface area contributed by atoms with E-state index in [-0.39, 0.29) is 17.9 Å². The number of nitrogens with zero attached hydrogens (tertiary/aromatic N) is 3. The normalized spacial score (nSPS) is 14.4. The van der Waals surface area contributed by atoms with E-state index in [0.29, 0.717) is 38.0 Å². The maximum atomic E-state index is 13.4. The second-order valence-electron chi connectivity index (χ2n) is 10.5. The Bertz CT molecular complexity index is 1240. The lowest BCUT2D eigenvalue weighted by Crippen LogP contribution is -2.41. The number of aromatic nitrogens is 2. The van der Waals surface area contributed by atoms with Crippen molar-refractivity contribution in [2.45, 2.75) is 58.6 Å². The first-order chi connectivity index (χ1) is 17.6. The van der Waals surface area contributed by atoms with Crippen LogP contribution in [0.1, 0.15) is 66.7 Å². The Morgan fingerprint density at radius 2 is 1.78 bits per heavy atom. The standard InChI is InChI=1S/C29H36N4O4/c1-20-9-11-23(12-10-20)33-26(22-13-15-32(16-14-22)28(35)37-29(2,3)4)25(19-31-33)27(34)30-18-21-7-6-8-24(17-21)36-5/h6-12,17,19,22H,13-16,18H2,1-5H3,(H,30,34). The molecule has 0 bridgehead atoms. The van der Waals surface area contributed by atoms with Gasteiger partial charge < -0.3 is 19.7 Å². The molecule has 1 saturated heterocycles. The minimum Gasteiger partial charge on any atom is -0.497 e. The van der Waals surface area contributed by atoms with E-state index in [4.69, 9.17) is 9.47 Å². The van der Waals surface area contributed by atoms with Crippen molar-refractivity contribution in [3.63, 3.8) is 0 Å². The highest BCUT2D eigenvalue weighted by Gasteiger charge is 2.32. The first kappa shape index (κ1) is 26.3. The fourth-order valence-corrected chi connectivity index (χ4v) is 4.54. The van der Waals surface area contributed by atoms with Gasteiger partial charge in [0.15, 0.2) is 0 Å². The van der Waals surface area contributed by atoms with Crippen molar-refractivity contribution < 1.29 is 19.1 Å². The Balaban J connectivity index is 1.56. The second kappa shape index (κ2) is 11.1. The minimum atomic E-state index is -0.536. The largest absolute Gasteiger partial charge is 0.497 e. The topological polar surface area (TPSA) is 85.7 Å². The lowest BCUT2D eigenvalue weighted by Gasteiger charge is -2.34. The number of piperidine rings is 1. The van der Waals surface area contributed by atoms with Crippen LogP contribution in [0.4, 0.5) is 4.79 Å². The van der Waals surface area contributed by atoms with Gasteiger partial charge in [-0.1, -0.05) is 29.8 Å². The van der Waals surface area contributed by atoms with Gasteiger partial charge in [0.1, 0.15) is 11.4 Å². The van der Waals surface area contributed by atoms with Gasteiger partial charge in [-0.15, -0.1) is 0 Å². The molecule has 4 rings (SSSR count). The molecular weight excluding hydrogens is 468 g/mol. The number of amides is 2. The summed E-state index contributed by atoms with van der Waals surface area (Å²) >= 11 is 0. The summed E-state index contributed by atoms with van der Waals surface area (Å²) in [5.41, 5.74) is 3.90. The maximum absolute atomic E-state index is 13.4. The number of aryl methyl sites for hydroxylation is 1. The summed E-state index contributed by atoms with van der Waals surface area (Å²) < 4.78 is 12.7. The fraction of sp³-hybridized carbons (Fsp3) is 0.414. The van der Waals surface area contributed by atoms with Crippen LogP contribution >= 0.6 is 0 Å². The van der Waals surface area contributed by atoms with Gasteiger partial charge in [0.25, 0.3) is 5.91 Å². The van der Waals surface area contributed by atoms with Crippen molar-refractivity contribution in [1.82, 2.24) is 20.0 Å². The van der Waals surface area contributed by atoms with E-state index in [9.17, 15) is 9.59 Å². The Morgan fingerprint density at radius 1 is 1.08 bits per heavy atom. The predicted octanol–water partition coefficient (Wildman–Crippen LogP) is 5.23. The summed E-state index contributed by atoms with van der Waals surface area (Å²) in [6.07, 6.45) is 2.78. The van der Waals surface area contributed by atoms with Crippen LogP contribution in [0.3, 0.4) is 0 Å². The first-order valence-corrected chi connectivity index (χ1v) is 12.7. The number of carbonyl (C=O) groups excluding carboxylic acids is 2. The number of nitrogens with one attached hydrogen (secondary N) is 1. The van der Waals surface area contributed by atoms with Crippen molar-refractivity contribution in [2.75, 3.05) is 20.2 Å².